The molecule has 5 heteroatoms. The highest BCUT2D eigenvalue weighted by Gasteiger charge is 2.28. The fourth-order valence-electron chi connectivity index (χ4n) is 3.63. The highest BCUT2D eigenvalue weighted by molar-refractivity contribution is 6.01. The number of hydrogen-bond donors (Lipinski definition) is 1. The van der Waals surface area contributed by atoms with Gasteiger partial charge in [0.25, 0.3) is 0 Å². The predicted octanol–water partition coefficient (Wildman–Crippen LogP) is 3.07. The molecule has 0 bridgehead atoms. The van der Waals surface area contributed by atoms with Gasteiger partial charge in [0, 0.05) is 36.7 Å². The van der Waals surface area contributed by atoms with Crippen molar-refractivity contribution in [2.24, 2.45) is 0 Å². The van der Waals surface area contributed by atoms with Crippen molar-refractivity contribution in [1.82, 2.24) is 9.97 Å². The van der Waals surface area contributed by atoms with Gasteiger partial charge in [-0.25, -0.2) is 4.98 Å². The van der Waals surface area contributed by atoms with Crippen LogP contribution in [0.25, 0.3) is 10.9 Å². The van der Waals surface area contributed by atoms with Crippen LogP contribution in [-0.2, 0) is 4.79 Å². The monoisotopic (exact) mass is 296 g/mol. The molecule has 1 saturated heterocycles. The Hall–Kier alpha value is -2.17. The normalized spacial score (nSPS) is 21.6. The molecule has 1 unspecified atom stereocenters. The zero-order valence-electron chi connectivity index (χ0n) is 12.8. The standard InChI is InChI=1S/C17H20N4O/c1-11-10-13(22)19-16-14(11)12-6-5-7-18-15(12)17(20-16)21-8-3-2-4-9-21/h5-7,11H,2-4,8-10H2,1H3,(H,19,20,22). The minimum absolute atomic E-state index is 0.0559. The molecule has 1 N–H and O–H groups in total. The first-order valence-corrected chi connectivity index (χ1v) is 8.07. The van der Waals surface area contributed by atoms with E-state index in [1.807, 2.05) is 12.3 Å². The van der Waals surface area contributed by atoms with Crippen molar-refractivity contribution >= 4 is 28.4 Å². The molecule has 4 heterocycles. The number of anilines is 2. The lowest BCUT2D eigenvalue weighted by atomic mass is 9.91. The number of carbonyl (C=O) groups excluding carboxylic acids is 1. The fourth-order valence-corrected chi connectivity index (χ4v) is 3.63. The highest BCUT2D eigenvalue weighted by atomic mass is 16.1. The molecule has 22 heavy (non-hydrogen) atoms. The molecule has 0 spiro atoms. The number of hydrogen-bond acceptors (Lipinski definition) is 4. The molecule has 1 fully saturated rings. The van der Waals surface area contributed by atoms with E-state index < -0.39 is 0 Å². The number of nitrogens with one attached hydrogen (secondary N) is 1. The molecule has 2 aliphatic heterocycles. The van der Waals surface area contributed by atoms with Gasteiger partial charge in [-0.05, 0) is 31.2 Å². The zero-order chi connectivity index (χ0) is 15.1. The van der Waals surface area contributed by atoms with E-state index in [0.29, 0.717) is 6.42 Å². The molecular formula is C17H20N4O. The van der Waals surface area contributed by atoms with E-state index in [1.54, 1.807) is 0 Å². The van der Waals surface area contributed by atoms with Gasteiger partial charge in [-0.2, -0.15) is 0 Å². The third-order valence-corrected chi connectivity index (χ3v) is 4.68. The van der Waals surface area contributed by atoms with E-state index >= 15 is 0 Å². The SMILES string of the molecule is CC1CC(=O)Nc2nc(N3CCCCC3)c3ncccc3c21. The minimum atomic E-state index is 0.0559. The van der Waals surface area contributed by atoms with Crippen LogP contribution in [0.3, 0.4) is 0 Å². The van der Waals surface area contributed by atoms with Crippen molar-refractivity contribution in [2.75, 3.05) is 23.3 Å². The largest absolute Gasteiger partial charge is 0.355 e. The van der Waals surface area contributed by atoms with Crippen molar-refractivity contribution in [2.45, 2.75) is 38.5 Å². The van der Waals surface area contributed by atoms with Gasteiger partial charge >= 0.3 is 0 Å². The summed E-state index contributed by atoms with van der Waals surface area (Å²) in [7, 11) is 0. The Kier molecular flexibility index (Phi) is 3.21. The molecule has 0 radical (unpaired) electrons. The topological polar surface area (TPSA) is 58.1 Å². The number of carbonyl (C=O) groups is 1. The van der Waals surface area contributed by atoms with E-state index in [2.05, 4.69) is 28.2 Å². The molecule has 1 amide bonds. The molecule has 0 saturated carbocycles. The van der Waals surface area contributed by atoms with Crippen molar-refractivity contribution in [3.05, 3.63) is 23.9 Å². The van der Waals surface area contributed by atoms with Gasteiger partial charge in [0.15, 0.2) is 5.82 Å². The van der Waals surface area contributed by atoms with Crippen LogP contribution < -0.4 is 10.2 Å². The summed E-state index contributed by atoms with van der Waals surface area (Å²) in [4.78, 5) is 23.6. The molecule has 2 aliphatic rings. The smallest absolute Gasteiger partial charge is 0.226 e. The van der Waals surface area contributed by atoms with Crippen LogP contribution in [0.15, 0.2) is 18.3 Å². The van der Waals surface area contributed by atoms with E-state index in [-0.39, 0.29) is 11.8 Å². The van der Waals surface area contributed by atoms with Crippen LogP contribution in [0, 0.1) is 0 Å². The van der Waals surface area contributed by atoms with Gasteiger partial charge in [0.2, 0.25) is 5.91 Å². The van der Waals surface area contributed by atoms with Crippen molar-refractivity contribution in [3.63, 3.8) is 0 Å². The van der Waals surface area contributed by atoms with E-state index in [9.17, 15) is 4.79 Å². The third kappa shape index (κ3) is 2.12. The van der Waals surface area contributed by atoms with Gasteiger partial charge in [0.05, 0.1) is 0 Å². The van der Waals surface area contributed by atoms with E-state index in [1.165, 1.54) is 19.3 Å². The van der Waals surface area contributed by atoms with Crippen LogP contribution in [-0.4, -0.2) is 29.0 Å². The van der Waals surface area contributed by atoms with Crippen molar-refractivity contribution in [1.29, 1.82) is 0 Å². The number of aromatic nitrogens is 2. The van der Waals surface area contributed by atoms with Gasteiger partial charge in [-0.1, -0.05) is 13.0 Å². The van der Waals surface area contributed by atoms with Gasteiger partial charge in [-0.3, -0.25) is 9.78 Å². The highest BCUT2D eigenvalue weighted by Crippen LogP contribution is 2.39. The average Bonchev–Trinajstić information content (AvgIpc) is 2.54. The quantitative estimate of drug-likeness (QED) is 0.878. The van der Waals surface area contributed by atoms with Gasteiger partial charge in [0.1, 0.15) is 11.3 Å². The summed E-state index contributed by atoms with van der Waals surface area (Å²) in [6.45, 7) is 4.12. The molecule has 4 rings (SSSR count). The molecule has 5 nitrogen and oxygen atoms in total. The number of amides is 1. The maximum absolute atomic E-state index is 11.9. The van der Waals surface area contributed by atoms with Gasteiger partial charge in [-0.15, -0.1) is 0 Å². The Balaban J connectivity index is 1.94. The van der Waals surface area contributed by atoms with Crippen LogP contribution >= 0.6 is 0 Å². The lowest BCUT2D eigenvalue weighted by Crippen LogP contribution is -2.31. The van der Waals surface area contributed by atoms with E-state index in [0.717, 1.165) is 41.2 Å². The maximum atomic E-state index is 11.9. The number of pyridine rings is 2. The summed E-state index contributed by atoms with van der Waals surface area (Å²) in [6, 6.07) is 4.07. The molecule has 0 aromatic carbocycles. The Morgan fingerprint density at radius 2 is 2.09 bits per heavy atom. The van der Waals surface area contributed by atoms with Crippen LogP contribution in [0.2, 0.25) is 0 Å². The summed E-state index contributed by atoms with van der Waals surface area (Å²) >= 11 is 0. The third-order valence-electron chi connectivity index (χ3n) is 4.68. The summed E-state index contributed by atoms with van der Waals surface area (Å²) in [5, 5.41) is 4.08. The Morgan fingerprint density at radius 3 is 2.91 bits per heavy atom. The van der Waals surface area contributed by atoms with Crippen LogP contribution in [0.4, 0.5) is 11.6 Å². The second kappa shape index (κ2) is 5.23. The average molecular weight is 296 g/mol. The lowest BCUT2D eigenvalue weighted by Gasteiger charge is -2.31. The number of nitrogens with zero attached hydrogens (tertiary/aromatic N) is 3. The van der Waals surface area contributed by atoms with Crippen LogP contribution in [0.5, 0.6) is 0 Å². The second-order valence-electron chi connectivity index (χ2n) is 6.30. The molecule has 0 aliphatic carbocycles. The number of fused-ring (bicyclic) bond motifs is 3. The summed E-state index contributed by atoms with van der Waals surface area (Å²) in [6.07, 6.45) is 6.00. The molecule has 114 valence electrons. The first kappa shape index (κ1) is 13.5. The molecular weight excluding hydrogens is 276 g/mol. The Bertz CT molecular complexity index is 737. The van der Waals surface area contributed by atoms with Crippen molar-refractivity contribution in [3.8, 4) is 0 Å². The lowest BCUT2D eigenvalue weighted by molar-refractivity contribution is -0.116. The second-order valence-corrected chi connectivity index (χ2v) is 6.30. The first-order chi connectivity index (χ1) is 10.7. The first-order valence-electron chi connectivity index (χ1n) is 8.07. The molecule has 2 aromatic heterocycles. The fraction of sp³-hybridized carbons (Fsp3) is 0.471. The molecule has 2 aromatic rings. The summed E-state index contributed by atoms with van der Waals surface area (Å²) in [5.74, 6) is 1.88. The summed E-state index contributed by atoms with van der Waals surface area (Å²) in [5.41, 5.74) is 2.09. The minimum Gasteiger partial charge on any atom is -0.355 e. The Labute approximate surface area is 129 Å². The van der Waals surface area contributed by atoms with Gasteiger partial charge < -0.3 is 10.2 Å². The Morgan fingerprint density at radius 1 is 1.27 bits per heavy atom. The zero-order valence-corrected chi connectivity index (χ0v) is 12.8. The number of rotatable bonds is 1. The summed E-state index contributed by atoms with van der Waals surface area (Å²) < 4.78 is 0. The number of piperidine rings is 1. The molecule has 1 atom stereocenters. The van der Waals surface area contributed by atoms with E-state index in [4.69, 9.17) is 4.98 Å². The maximum Gasteiger partial charge on any atom is 0.226 e. The predicted molar refractivity (Wildman–Crippen MR) is 87.3 cm³/mol. The van der Waals surface area contributed by atoms with Crippen molar-refractivity contribution < 1.29 is 4.79 Å². The van der Waals surface area contributed by atoms with Crippen LogP contribution in [0.1, 0.15) is 44.1 Å².